The van der Waals surface area contributed by atoms with E-state index >= 15 is 0 Å². The molecule has 1 aliphatic carbocycles. The number of methoxy groups -OCH3 is 1. The molecule has 2 amide bonds. The number of hydrogen-bond acceptors (Lipinski definition) is 5. The Labute approximate surface area is 219 Å². The zero-order chi connectivity index (χ0) is 26.2. The Bertz CT molecular complexity index is 1280. The predicted molar refractivity (Wildman–Crippen MR) is 145 cm³/mol. The second-order valence-corrected chi connectivity index (χ2v) is 9.82. The first kappa shape index (κ1) is 26.0. The van der Waals surface area contributed by atoms with Crippen molar-refractivity contribution in [3.8, 4) is 5.75 Å². The molecular weight excluding hydrogens is 488 g/mol. The zero-order valence-electron chi connectivity index (χ0n) is 20.3. The molecule has 3 unspecified atom stereocenters. The molecule has 1 aliphatic rings. The molecule has 3 aromatic rings. The molecule has 0 fully saturated rings. The molecule has 37 heavy (non-hydrogen) atoms. The van der Waals surface area contributed by atoms with Crippen molar-refractivity contribution in [2.75, 3.05) is 17.7 Å². The third-order valence-electron chi connectivity index (χ3n) is 6.14. The number of nitrogens with one attached hydrogen (secondary N) is 2. The van der Waals surface area contributed by atoms with E-state index in [0.717, 1.165) is 10.5 Å². The quantitative estimate of drug-likeness (QED) is 0.246. The van der Waals surface area contributed by atoms with Crippen LogP contribution in [0.5, 0.6) is 5.75 Å². The fourth-order valence-electron chi connectivity index (χ4n) is 4.17. The lowest BCUT2D eigenvalue weighted by atomic mass is 9.82. The summed E-state index contributed by atoms with van der Waals surface area (Å²) < 4.78 is 5.25. The second kappa shape index (κ2) is 12.3. The van der Waals surface area contributed by atoms with Gasteiger partial charge in [-0.2, -0.15) is 0 Å². The predicted octanol–water partition coefficient (Wildman–Crippen LogP) is 5.77. The number of hydrogen-bond donors (Lipinski definition) is 3. The van der Waals surface area contributed by atoms with Gasteiger partial charge in [0.05, 0.1) is 18.9 Å². The summed E-state index contributed by atoms with van der Waals surface area (Å²) in [7, 11) is 1.58. The van der Waals surface area contributed by atoms with Crippen molar-refractivity contribution in [3.63, 3.8) is 0 Å². The lowest BCUT2D eigenvalue weighted by molar-refractivity contribution is -0.146. The zero-order valence-corrected chi connectivity index (χ0v) is 21.1. The second-order valence-electron chi connectivity index (χ2n) is 8.64. The van der Waals surface area contributed by atoms with Crippen LogP contribution < -0.4 is 15.4 Å². The summed E-state index contributed by atoms with van der Waals surface area (Å²) in [6.07, 6.45) is 4.41. The van der Waals surface area contributed by atoms with Crippen molar-refractivity contribution < 1.29 is 24.2 Å². The minimum Gasteiger partial charge on any atom is -0.497 e. The van der Waals surface area contributed by atoms with E-state index in [1.807, 2.05) is 72.8 Å². The first-order chi connectivity index (χ1) is 17.9. The molecule has 0 heterocycles. The van der Waals surface area contributed by atoms with Gasteiger partial charge < -0.3 is 20.5 Å². The summed E-state index contributed by atoms with van der Waals surface area (Å²) >= 11 is 1.40. The van der Waals surface area contributed by atoms with Crippen molar-refractivity contribution in [2.24, 2.45) is 11.8 Å². The van der Waals surface area contributed by atoms with Gasteiger partial charge >= 0.3 is 5.97 Å². The summed E-state index contributed by atoms with van der Waals surface area (Å²) in [4.78, 5) is 38.4. The standard InChI is InChI=1S/C29H28N2O5S/c1-36-22-11-7-10-21(18-22)31-28(33)26(19-8-3-2-4-9-19)37-23-16-14-20(15-17-23)30-27(32)24-12-5-6-13-25(24)29(34)35/h2-11,14-18,24-26H,12-13H2,1H3,(H,30,32)(H,31,33)(H,34,35). The van der Waals surface area contributed by atoms with Gasteiger partial charge in [0.15, 0.2) is 0 Å². The number of carbonyl (C=O) groups is 3. The number of carboxylic acid groups (broad SMARTS) is 1. The molecule has 190 valence electrons. The maximum atomic E-state index is 13.3. The van der Waals surface area contributed by atoms with Crippen LogP contribution in [0.3, 0.4) is 0 Å². The molecule has 0 saturated carbocycles. The summed E-state index contributed by atoms with van der Waals surface area (Å²) in [6, 6.07) is 23.9. The fourth-order valence-corrected chi connectivity index (χ4v) is 5.20. The lowest BCUT2D eigenvalue weighted by Crippen LogP contribution is -2.34. The summed E-state index contributed by atoms with van der Waals surface area (Å²) in [5.41, 5.74) is 2.07. The number of thioether (sulfide) groups is 1. The number of ether oxygens (including phenoxy) is 1. The molecule has 0 spiro atoms. The van der Waals surface area contributed by atoms with Crippen molar-refractivity contribution in [1.82, 2.24) is 0 Å². The molecule has 0 aliphatic heterocycles. The van der Waals surface area contributed by atoms with Crippen LogP contribution in [0.2, 0.25) is 0 Å². The van der Waals surface area contributed by atoms with Crippen LogP contribution in [0.1, 0.15) is 23.7 Å². The first-order valence-electron chi connectivity index (χ1n) is 11.9. The molecule has 7 nitrogen and oxygen atoms in total. The van der Waals surface area contributed by atoms with E-state index in [2.05, 4.69) is 10.6 Å². The Balaban J connectivity index is 1.46. The van der Waals surface area contributed by atoms with Gasteiger partial charge in [0.1, 0.15) is 11.0 Å². The summed E-state index contributed by atoms with van der Waals surface area (Å²) in [5.74, 6) is -2.13. The number of rotatable bonds is 9. The Morgan fingerprint density at radius 1 is 0.865 bits per heavy atom. The van der Waals surface area contributed by atoms with Crippen molar-refractivity contribution in [1.29, 1.82) is 0 Å². The highest BCUT2D eigenvalue weighted by molar-refractivity contribution is 8.00. The van der Waals surface area contributed by atoms with Gasteiger partial charge in [-0.3, -0.25) is 14.4 Å². The number of aliphatic carboxylic acids is 1. The molecule has 3 atom stereocenters. The van der Waals surface area contributed by atoms with Gasteiger partial charge in [0, 0.05) is 22.3 Å². The van der Waals surface area contributed by atoms with Crippen LogP contribution >= 0.6 is 11.8 Å². The Kier molecular flexibility index (Phi) is 8.64. The molecule has 0 radical (unpaired) electrons. The molecule has 8 heteroatoms. The fraction of sp³-hybridized carbons (Fsp3) is 0.207. The molecule has 0 aromatic heterocycles. The van der Waals surface area contributed by atoms with Gasteiger partial charge in [-0.05, 0) is 54.8 Å². The third-order valence-corrected chi connectivity index (χ3v) is 7.41. The lowest BCUT2D eigenvalue weighted by Gasteiger charge is -2.24. The topological polar surface area (TPSA) is 105 Å². The number of anilines is 2. The first-order valence-corrected chi connectivity index (χ1v) is 12.8. The monoisotopic (exact) mass is 516 g/mol. The molecule has 0 saturated heterocycles. The highest BCUT2D eigenvalue weighted by atomic mass is 32.2. The summed E-state index contributed by atoms with van der Waals surface area (Å²) in [6.45, 7) is 0. The third kappa shape index (κ3) is 6.80. The molecule has 0 bridgehead atoms. The average molecular weight is 517 g/mol. The number of carboxylic acids is 1. The highest BCUT2D eigenvalue weighted by Gasteiger charge is 2.34. The van der Waals surface area contributed by atoms with E-state index in [4.69, 9.17) is 4.74 Å². The van der Waals surface area contributed by atoms with Crippen molar-refractivity contribution in [2.45, 2.75) is 23.0 Å². The molecule has 4 rings (SSSR count). The highest BCUT2D eigenvalue weighted by Crippen LogP contribution is 2.37. The Morgan fingerprint density at radius 3 is 2.24 bits per heavy atom. The van der Waals surface area contributed by atoms with Gasteiger partial charge in [-0.1, -0.05) is 48.6 Å². The average Bonchev–Trinajstić information content (AvgIpc) is 2.93. The van der Waals surface area contributed by atoms with Crippen LogP contribution in [0.25, 0.3) is 0 Å². The SMILES string of the molecule is COc1cccc(NC(=O)C(Sc2ccc(NC(=O)C3CC=CCC3C(=O)O)cc2)c2ccccc2)c1. The van der Waals surface area contributed by atoms with Crippen LogP contribution in [0.15, 0.2) is 95.9 Å². The van der Waals surface area contributed by atoms with Crippen LogP contribution in [-0.4, -0.2) is 30.0 Å². The molecule has 3 N–H and O–H groups in total. The Hall–Kier alpha value is -4.04. The normalized spacial score (nSPS) is 17.4. The smallest absolute Gasteiger partial charge is 0.307 e. The van der Waals surface area contributed by atoms with Crippen molar-refractivity contribution in [3.05, 3.63) is 96.6 Å². The van der Waals surface area contributed by atoms with Gasteiger partial charge in [0.25, 0.3) is 0 Å². The Morgan fingerprint density at radius 2 is 1.57 bits per heavy atom. The van der Waals surface area contributed by atoms with Crippen LogP contribution in [-0.2, 0) is 14.4 Å². The van der Waals surface area contributed by atoms with E-state index in [0.29, 0.717) is 30.0 Å². The van der Waals surface area contributed by atoms with E-state index in [1.54, 1.807) is 25.3 Å². The summed E-state index contributed by atoms with van der Waals surface area (Å²) in [5, 5.41) is 14.7. The number of benzene rings is 3. The minimum absolute atomic E-state index is 0.174. The minimum atomic E-state index is -0.963. The largest absolute Gasteiger partial charge is 0.497 e. The van der Waals surface area contributed by atoms with Crippen LogP contribution in [0.4, 0.5) is 11.4 Å². The van der Waals surface area contributed by atoms with Crippen molar-refractivity contribution >= 4 is 40.9 Å². The van der Waals surface area contributed by atoms with Crippen LogP contribution in [0, 0.1) is 11.8 Å². The number of amides is 2. The van der Waals surface area contributed by atoms with Gasteiger partial charge in [0.2, 0.25) is 11.8 Å². The number of allylic oxidation sites excluding steroid dienone is 2. The van der Waals surface area contributed by atoms with Gasteiger partial charge in [-0.25, -0.2) is 0 Å². The maximum Gasteiger partial charge on any atom is 0.307 e. The van der Waals surface area contributed by atoms with E-state index in [-0.39, 0.29) is 11.8 Å². The van der Waals surface area contributed by atoms with E-state index in [1.165, 1.54) is 11.8 Å². The maximum absolute atomic E-state index is 13.3. The number of carbonyl (C=O) groups excluding carboxylic acids is 2. The van der Waals surface area contributed by atoms with E-state index in [9.17, 15) is 19.5 Å². The van der Waals surface area contributed by atoms with E-state index < -0.39 is 23.1 Å². The van der Waals surface area contributed by atoms with Gasteiger partial charge in [-0.15, -0.1) is 11.8 Å². The molecular formula is C29H28N2O5S. The molecule has 3 aromatic carbocycles.